The molecular weight excluding hydrogens is 348 g/mol. The molecule has 6 nitrogen and oxygen atoms in total. The van der Waals surface area contributed by atoms with Gasteiger partial charge in [0, 0.05) is 48.6 Å². The van der Waals surface area contributed by atoms with Gasteiger partial charge in [-0.1, -0.05) is 18.2 Å². The number of nitrogens with zero attached hydrogens (tertiary/aromatic N) is 2. The van der Waals surface area contributed by atoms with Gasteiger partial charge in [-0.05, 0) is 6.07 Å². The molecule has 1 fully saturated rings. The summed E-state index contributed by atoms with van der Waals surface area (Å²) in [6.45, 7) is 0.411. The maximum atomic E-state index is 12.8. The lowest BCUT2D eigenvalue weighted by atomic mass is 10.1. The van der Waals surface area contributed by atoms with E-state index in [9.17, 15) is 18.3 Å². The fraction of sp³-hybridized carbons (Fsp3) is 0.438. The zero-order valence-electron chi connectivity index (χ0n) is 13.5. The second-order valence-corrected chi connectivity index (χ2v) is 9.38. The van der Waals surface area contributed by atoms with Crippen molar-refractivity contribution in [1.82, 2.24) is 9.21 Å². The van der Waals surface area contributed by atoms with Crippen LogP contribution in [0.15, 0.2) is 29.6 Å². The molecule has 2 aromatic rings. The number of aliphatic hydroxyl groups is 1. The minimum atomic E-state index is -3.41. The van der Waals surface area contributed by atoms with Gasteiger partial charge in [0.1, 0.15) is 0 Å². The van der Waals surface area contributed by atoms with Crippen LogP contribution in [0.5, 0.6) is 0 Å². The first-order chi connectivity index (χ1) is 11.3. The molecule has 0 saturated carbocycles. The summed E-state index contributed by atoms with van der Waals surface area (Å²) in [7, 11) is -0.476. The number of thiophene rings is 1. The Labute approximate surface area is 145 Å². The Balaban J connectivity index is 1.78. The molecule has 1 aromatic heterocycles. The zero-order valence-corrected chi connectivity index (χ0v) is 15.2. The van der Waals surface area contributed by atoms with Gasteiger partial charge in [0.15, 0.2) is 0 Å². The van der Waals surface area contributed by atoms with E-state index in [0.717, 1.165) is 14.4 Å². The molecule has 0 unspecified atom stereocenters. The van der Waals surface area contributed by atoms with Crippen molar-refractivity contribution in [3.05, 3.63) is 35.2 Å². The maximum absolute atomic E-state index is 12.8. The summed E-state index contributed by atoms with van der Waals surface area (Å²) in [4.78, 5) is 14.3. The normalized spacial score (nSPS) is 21.8. The molecule has 8 heteroatoms. The van der Waals surface area contributed by atoms with Gasteiger partial charge in [-0.3, -0.25) is 4.79 Å². The van der Waals surface area contributed by atoms with E-state index >= 15 is 0 Å². The first-order valence-electron chi connectivity index (χ1n) is 7.63. The van der Waals surface area contributed by atoms with Gasteiger partial charge >= 0.3 is 0 Å². The predicted octanol–water partition coefficient (Wildman–Crippen LogP) is 1.23. The zero-order chi connectivity index (χ0) is 17.5. The second-order valence-electron chi connectivity index (χ2n) is 6.24. The molecule has 2 heterocycles. The van der Waals surface area contributed by atoms with E-state index in [-0.39, 0.29) is 24.7 Å². The summed E-state index contributed by atoms with van der Waals surface area (Å²) >= 11 is 1.50. The standard InChI is InChI=1S/C16H20N2O4S2/c1-17(2)24(21,22)10-11-7-18(8-14(11)19)16(20)13-9-23-15-6-4-3-5-12(13)15/h3-6,9,11,14,19H,7-8,10H2,1-2H3/t11-,14-/m0/s1. The molecule has 130 valence electrons. The number of likely N-dealkylation sites (tertiary alicyclic amines) is 1. The Morgan fingerprint density at radius 1 is 1.33 bits per heavy atom. The van der Waals surface area contributed by atoms with Crippen LogP contribution in [-0.2, 0) is 10.0 Å². The molecular formula is C16H20N2O4S2. The lowest BCUT2D eigenvalue weighted by Gasteiger charge is -2.18. The molecule has 0 aliphatic carbocycles. The quantitative estimate of drug-likeness (QED) is 0.880. The summed E-state index contributed by atoms with van der Waals surface area (Å²) in [5.41, 5.74) is 0.610. The molecule has 3 rings (SSSR count). The van der Waals surface area contributed by atoms with Crippen molar-refractivity contribution in [2.45, 2.75) is 6.10 Å². The van der Waals surface area contributed by atoms with Crippen LogP contribution in [0, 0.1) is 5.92 Å². The number of benzene rings is 1. The van der Waals surface area contributed by atoms with Gasteiger partial charge in [-0.2, -0.15) is 0 Å². The molecule has 1 saturated heterocycles. The topological polar surface area (TPSA) is 77.9 Å². The minimum Gasteiger partial charge on any atom is -0.391 e. The van der Waals surface area contributed by atoms with E-state index in [1.807, 2.05) is 29.6 Å². The summed E-state index contributed by atoms with van der Waals surface area (Å²) in [6.07, 6.45) is -0.825. The Morgan fingerprint density at radius 3 is 2.75 bits per heavy atom. The van der Waals surface area contributed by atoms with Crippen LogP contribution in [0.3, 0.4) is 0 Å². The SMILES string of the molecule is CN(C)S(=O)(=O)C[C@@H]1CN(C(=O)c2csc3ccccc23)C[C@@H]1O. The molecule has 1 aliphatic rings. The fourth-order valence-electron chi connectivity index (χ4n) is 2.92. The molecule has 2 atom stereocenters. The Kier molecular flexibility index (Phi) is 4.65. The third-order valence-electron chi connectivity index (χ3n) is 4.39. The van der Waals surface area contributed by atoms with Crippen LogP contribution < -0.4 is 0 Å². The number of carbonyl (C=O) groups excluding carboxylic acids is 1. The second kappa shape index (κ2) is 6.44. The van der Waals surface area contributed by atoms with E-state index in [2.05, 4.69) is 0 Å². The summed E-state index contributed by atoms with van der Waals surface area (Å²) < 4.78 is 26.2. The third kappa shape index (κ3) is 3.19. The number of β-amino-alcohol motifs (C(OH)–C–C–N with tert-alkyl or cyclic N) is 1. The van der Waals surface area contributed by atoms with Crippen LogP contribution >= 0.6 is 11.3 Å². The van der Waals surface area contributed by atoms with E-state index in [0.29, 0.717) is 5.56 Å². The summed E-state index contributed by atoms with van der Waals surface area (Å²) in [5.74, 6) is -0.780. The highest BCUT2D eigenvalue weighted by Gasteiger charge is 2.38. The van der Waals surface area contributed by atoms with Crippen molar-refractivity contribution in [2.24, 2.45) is 5.92 Å². The fourth-order valence-corrected chi connectivity index (χ4v) is 5.02. The molecule has 0 bridgehead atoms. The van der Waals surface area contributed by atoms with Gasteiger partial charge in [0.2, 0.25) is 10.0 Å². The number of rotatable bonds is 4. The van der Waals surface area contributed by atoms with Crippen LogP contribution in [0.2, 0.25) is 0 Å². The molecule has 1 aromatic carbocycles. The first-order valence-corrected chi connectivity index (χ1v) is 10.1. The third-order valence-corrected chi connectivity index (χ3v) is 7.31. The average Bonchev–Trinajstić information content (AvgIpc) is 3.10. The van der Waals surface area contributed by atoms with Gasteiger partial charge in [-0.25, -0.2) is 12.7 Å². The number of sulfonamides is 1. The number of hydrogen-bond donors (Lipinski definition) is 1. The number of hydrogen-bond acceptors (Lipinski definition) is 5. The molecule has 1 N–H and O–H groups in total. The number of carbonyl (C=O) groups is 1. The number of amides is 1. The number of aliphatic hydroxyl groups excluding tert-OH is 1. The van der Waals surface area contributed by atoms with Crippen LogP contribution in [-0.4, -0.2) is 67.7 Å². The largest absolute Gasteiger partial charge is 0.391 e. The van der Waals surface area contributed by atoms with E-state index < -0.39 is 22.0 Å². The highest BCUT2D eigenvalue weighted by atomic mass is 32.2. The monoisotopic (exact) mass is 368 g/mol. The van der Waals surface area contributed by atoms with Gasteiger partial charge < -0.3 is 10.0 Å². The van der Waals surface area contributed by atoms with Crippen molar-refractivity contribution in [2.75, 3.05) is 32.9 Å². The first kappa shape index (κ1) is 17.3. The Morgan fingerprint density at radius 2 is 2.04 bits per heavy atom. The highest BCUT2D eigenvalue weighted by Crippen LogP contribution is 2.29. The van der Waals surface area contributed by atoms with Crippen molar-refractivity contribution in [1.29, 1.82) is 0 Å². The van der Waals surface area contributed by atoms with E-state index in [1.54, 1.807) is 4.90 Å². The molecule has 0 radical (unpaired) electrons. The Hall–Kier alpha value is -1.48. The minimum absolute atomic E-state index is 0.156. The van der Waals surface area contributed by atoms with E-state index in [1.165, 1.54) is 25.4 Å². The van der Waals surface area contributed by atoms with E-state index in [4.69, 9.17) is 0 Å². The lowest BCUT2D eigenvalue weighted by Crippen LogP contribution is -2.33. The average molecular weight is 368 g/mol. The predicted molar refractivity (Wildman–Crippen MR) is 94.7 cm³/mol. The molecule has 0 spiro atoms. The van der Waals surface area contributed by atoms with Crippen molar-refractivity contribution >= 4 is 37.4 Å². The maximum Gasteiger partial charge on any atom is 0.255 e. The van der Waals surface area contributed by atoms with Crippen molar-refractivity contribution < 1.29 is 18.3 Å². The Bertz CT molecular complexity index is 860. The van der Waals surface area contributed by atoms with Crippen molar-refractivity contribution in [3.63, 3.8) is 0 Å². The molecule has 24 heavy (non-hydrogen) atoms. The summed E-state index contributed by atoms with van der Waals surface area (Å²) in [5, 5.41) is 12.9. The van der Waals surface area contributed by atoms with Crippen LogP contribution in [0.25, 0.3) is 10.1 Å². The van der Waals surface area contributed by atoms with Gasteiger partial charge in [-0.15, -0.1) is 11.3 Å². The van der Waals surface area contributed by atoms with Crippen molar-refractivity contribution in [3.8, 4) is 0 Å². The van der Waals surface area contributed by atoms with Crippen LogP contribution in [0.4, 0.5) is 0 Å². The van der Waals surface area contributed by atoms with Crippen LogP contribution in [0.1, 0.15) is 10.4 Å². The summed E-state index contributed by atoms with van der Waals surface area (Å²) in [6, 6.07) is 7.67. The van der Waals surface area contributed by atoms with Gasteiger partial charge in [0.05, 0.1) is 17.4 Å². The number of fused-ring (bicyclic) bond motifs is 1. The lowest BCUT2D eigenvalue weighted by molar-refractivity contribution is 0.0767. The smallest absolute Gasteiger partial charge is 0.255 e. The molecule has 1 aliphatic heterocycles. The highest BCUT2D eigenvalue weighted by molar-refractivity contribution is 7.89. The molecule has 1 amide bonds. The van der Waals surface area contributed by atoms with Gasteiger partial charge in [0.25, 0.3) is 5.91 Å².